The highest BCUT2D eigenvalue weighted by atomic mass is 32.1. The lowest BCUT2D eigenvalue weighted by Gasteiger charge is -2.27. The number of aliphatic hydroxyl groups excluding tert-OH is 2. The third-order valence-corrected chi connectivity index (χ3v) is 7.70. The van der Waals surface area contributed by atoms with Crippen molar-refractivity contribution in [2.75, 3.05) is 13.1 Å². The van der Waals surface area contributed by atoms with Crippen LogP contribution in [0.25, 0.3) is 0 Å². The van der Waals surface area contributed by atoms with E-state index in [1.807, 2.05) is 17.5 Å². The van der Waals surface area contributed by atoms with E-state index in [4.69, 9.17) is 4.98 Å². The second-order valence-corrected chi connectivity index (χ2v) is 9.62. The molecule has 2 aromatic heterocycles. The molecule has 1 aliphatic carbocycles. The largest absolute Gasteiger partial charge is 0.380 e. The number of carbonyl (C=O) groups excluding carboxylic acids is 2. The van der Waals surface area contributed by atoms with E-state index < -0.39 is 24.0 Å². The second-order valence-electron chi connectivity index (χ2n) is 7.48. The minimum atomic E-state index is -1.78. The van der Waals surface area contributed by atoms with Gasteiger partial charge in [0.2, 0.25) is 0 Å². The summed E-state index contributed by atoms with van der Waals surface area (Å²) in [7, 11) is 0. The van der Waals surface area contributed by atoms with Crippen molar-refractivity contribution in [3.05, 3.63) is 38.0 Å². The maximum Gasteiger partial charge on any atom is 0.255 e. The number of hydrogen-bond acceptors (Lipinski definition) is 7. The van der Waals surface area contributed by atoms with Crippen LogP contribution in [0.2, 0.25) is 0 Å². The summed E-state index contributed by atoms with van der Waals surface area (Å²) in [4.78, 5) is 33.7. The smallest absolute Gasteiger partial charge is 0.255 e. The van der Waals surface area contributed by atoms with E-state index >= 15 is 0 Å². The molecule has 2 aromatic rings. The van der Waals surface area contributed by atoms with Crippen LogP contribution >= 0.6 is 22.7 Å². The topological polar surface area (TPSA) is 103 Å². The van der Waals surface area contributed by atoms with Gasteiger partial charge in [-0.15, -0.1) is 22.7 Å². The molecule has 2 amide bonds. The Morgan fingerprint density at radius 2 is 2.14 bits per heavy atom. The van der Waals surface area contributed by atoms with Crippen LogP contribution in [-0.4, -0.2) is 57.2 Å². The number of thiazole rings is 1. The summed E-state index contributed by atoms with van der Waals surface area (Å²) in [6, 6.07) is 3.72. The molecule has 29 heavy (non-hydrogen) atoms. The summed E-state index contributed by atoms with van der Waals surface area (Å²) in [6.45, 7) is 0.839. The number of fused-ring (bicyclic) bond motifs is 1. The number of hydrogen-bond donors (Lipinski definition) is 3. The van der Waals surface area contributed by atoms with Gasteiger partial charge < -0.3 is 20.4 Å². The van der Waals surface area contributed by atoms with Crippen LogP contribution in [0.1, 0.15) is 45.8 Å². The predicted octanol–water partition coefficient (Wildman–Crippen LogP) is 1.44. The number of aliphatic hydroxyl groups is 2. The molecular formula is C20H25N3O4S2. The van der Waals surface area contributed by atoms with Crippen LogP contribution in [0.4, 0.5) is 0 Å². The normalized spacial score (nSPS) is 20.5. The van der Waals surface area contributed by atoms with Gasteiger partial charge in [0.15, 0.2) is 12.2 Å². The molecular weight excluding hydrogens is 410 g/mol. The van der Waals surface area contributed by atoms with Crippen LogP contribution in [0, 0.1) is 0 Å². The quantitative estimate of drug-likeness (QED) is 0.611. The number of aryl methyl sites for hydroxylation is 2. The summed E-state index contributed by atoms with van der Waals surface area (Å²) in [6.07, 6.45) is 1.85. The van der Waals surface area contributed by atoms with Crippen LogP contribution < -0.4 is 5.32 Å². The van der Waals surface area contributed by atoms with Crippen molar-refractivity contribution in [1.29, 1.82) is 0 Å². The van der Waals surface area contributed by atoms with E-state index in [2.05, 4.69) is 5.32 Å². The molecule has 156 valence electrons. The molecule has 3 heterocycles. The third-order valence-electron chi connectivity index (χ3n) is 5.50. The zero-order valence-corrected chi connectivity index (χ0v) is 17.7. The molecule has 0 radical (unpaired) electrons. The molecule has 9 heteroatoms. The SMILES string of the molecule is O=C(NCCc1cccs1)[C@H](O)[C@@H](O)C(=O)N1CCCC1c1nc2c(s1)CCC2. The van der Waals surface area contributed by atoms with Gasteiger partial charge in [-0.2, -0.15) is 0 Å². The molecule has 1 aliphatic heterocycles. The zero-order valence-electron chi connectivity index (χ0n) is 16.0. The number of nitrogens with zero attached hydrogens (tertiary/aromatic N) is 2. The molecule has 0 spiro atoms. The maximum absolute atomic E-state index is 12.8. The molecule has 3 N–H and O–H groups in total. The van der Waals surface area contributed by atoms with Gasteiger partial charge in [0.05, 0.1) is 11.7 Å². The van der Waals surface area contributed by atoms with Gasteiger partial charge in [-0.05, 0) is 50.0 Å². The summed E-state index contributed by atoms with van der Waals surface area (Å²) < 4.78 is 0. The van der Waals surface area contributed by atoms with Crippen LogP contribution in [-0.2, 0) is 28.9 Å². The Kier molecular flexibility index (Phi) is 6.29. The number of carbonyl (C=O) groups is 2. The summed E-state index contributed by atoms with van der Waals surface area (Å²) >= 11 is 3.24. The van der Waals surface area contributed by atoms with Gasteiger partial charge in [-0.1, -0.05) is 6.07 Å². The molecule has 1 fully saturated rings. The van der Waals surface area contributed by atoms with E-state index in [1.54, 1.807) is 27.6 Å². The van der Waals surface area contributed by atoms with Crippen LogP contribution in [0.15, 0.2) is 17.5 Å². The van der Waals surface area contributed by atoms with E-state index in [1.165, 1.54) is 4.88 Å². The number of thiophene rings is 1. The molecule has 0 saturated carbocycles. The number of rotatable bonds is 7. The fraction of sp³-hybridized carbons (Fsp3) is 0.550. The minimum Gasteiger partial charge on any atom is -0.380 e. The van der Waals surface area contributed by atoms with Gasteiger partial charge in [0, 0.05) is 22.8 Å². The lowest BCUT2D eigenvalue weighted by atomic mass is 10.1. The highest BCUT2D eigenvalue weighted by Crippen LogP contribution is 2.38. The molecule has 1 saturated heterocycles. The van der Waals surface area contributed by atoms with Crippen molar-refractivity contribution >= 4 is 34.5 Å². The van der Waals surface area contributed by atoms with Gasteiger partial charge in [0.25, 0.3) is 11.8 Å². The lowest BCUT2D eigenvalue weighted by Crippen LogP contribution is -2.50. The van der Waals surface area contributed by atoms with Crippen molar-refractivity contribution in [3.63, 3.8) is 0 Å². The molecule has 7 nitrogen and oxygen atoms in total. The maximum atomic E-state index is 12.8. The first-order valence-electron chi connectivity index (χ1n) is 10.00. The Morgan fingerprint density at radius 3 is 2.90 bits per heavy atom. The number of likely N-dealkylation sites (tertiary alicyclic amines) is 1. The Hall–Kier alpha value is -1.81. The fourth-order valence-electron chi connectivity index (χ4n) is 3.96. The van der Waals surface area contributed by atoms with E-state index in [-0.39, 0.29) is 6.04 Å². The molecule has 3 atom stereocenters. The highest BCUT2D eigenvalue weighted by molar-refractivity contribution is 7.11. The van der Waals surface area contributed by atoms with Crippen molar-refractivity contribution < 1.29 is 19.8 Å². The molecule has 1 unspecified atom stereocenters. The van der Waals surface area contributed by atoms with Crippen molar-refractivity contribution in [2.24, 2.45) is 0 Å². The average molecular weight is 436 g/mol. The lowest BCUT2D eigenvalue weighted by molar-refractivity contribution is -0.153. The minimum absolute atomic E-state index is 0.179. The molecule has 0 aromatic carbocycles. The average Bonchev–Trinajstić information content (AvgIpc) is 3.49. The fourth-order valence-corrected chi connectivity index (χ4v) is 5.97. The standard InChI is InChI=1S/C20H25N3O4S2/c24-16(18(26)21-9-8-12-4-3-11-28-12)17(25)20(27)23-10-2-6-14(23)19-22-13-5-1-7-15(13)29-19/h3-4,11,14,16-17,24-25H,1-2,5-10H2,(H,21,26)/t14?,16-,17-/m1/s1. The molecule has 4 rings (SSSR count). The summed E-state index contributed by atoms with van der Waals surface area (Å²) in [5, 5.41) is 26.0. The second kappa shape index (κ2) is 8.91. The van der Waals surface area contributed by atoms with Crippen LogP contribution in [0.3, 0.4) is 0 Å². The van der Waals surface area contributed by atoms with Crippen LogP contribution in [0.5, 0.6) is 0 Å². The van der Waals surface area contributed by atoms with Gasteiger partial charge >= 0.3 is 0 Å². The Balaban J connectivity index is 1.34. The first kappa shape index (κ1) is 20.5. The molecule has 2 aliphatic rings. The van der Waals surface area contributed by atoms with Crippen molar-refractivity contribution in [1.82, 2.24) is 15.2 Å². The number of aromatic nitrogens is 1. The Morgan fingerprint density at radius 1 is 1.28 bits per heavy atom. The van der Waals surface area contributed by atoms with E-state index in [9.17, 15) is 19.8 Å². The third kappa shape index (κ3) is 4.37. The van der Waals surface area contributed by atoms with E-state index in [0.717, 1.165) is 47.7 Å². The highest BCUT2D eigenvalue weighted by Gasteiger charge is 2.39. The summed E-state index contributed by atoms with van der Waals surface area (Å²) in [5.74, 6) is -1.34. The van der Waals surface area contributed by atoms with Gasteiger partial charge in [-0.3, -0.25) is 9.59 Å². The first-order chi connectivity index (χ1) is 14.0. The van der Waals surface area contributed by atoms with Crippen molar-refractivity contribution in [3.8, 4) is 0 Å². The number of nitrogens with one attached hydrogen (secondary N) is 1. The molecule has 0 bridgehead atoms. The Labute approximate surface area is 177 Å². The van der Waals surface area contributed by atoms with Crippen molar-refractivity contribution in [2.45, 2.75) is 56.8 Å². The summed E-state index contributed by atoms with van der Waals surface area (Å²) in [5.41, 5.74) is 1.13. The Bertz CT molecular complexity index is 846. The number of amides is 2. The predicted molar refractivity (Wildman–Crippen MR) is 111 cm³/mol. The monoisotopic (exact) mass is 435 g/mol. The van der Waals surface area contributed by atoms with E-state index in [0.29, 0.717) is 19.5 Å². The zero-order chi connectivity index (χ0) is 20.4. The van der Waals surface area contributed by atoms with Gasteiger partial charge in [-0.25, -0.2) is 4.98 Å². The first-order valence-corrected chi connectivity index (χ1v) is 11.7. The van der Waals surface area contributed by atoms with Gasteiger partial charge in [0.1, 0.15) is 5.01 Å².